The standard InChI is InChI=1S/C43H36O9/c1-29(2)41(44)50-26-47-38-21-12-33(13-22-38)8-7-32-9-16-35(17-10-32)37-20-19-36(40(25-37)49-28-52-43(46)31(5)6)18-11-34-14-23-39(24-15-34)48-27-51-42(45)30(3)4/h9-10,12-17,19-25H,1,3,5,26-28H2,2,4,6H3. The number of carbonyl (C=O) groups excluding carboxylic acids is 3. The van der Waals surface area contributed by atoms with Gasteiger partial charge in [0.25, 0.3) is 0 Å². The summed E-state index contributed by atoms with van der Waals surface area (Å²) in [6.45, 7) is 14.6. The fraction of sp³-hybridized carbons (Fsp3) is 0.140. The van der Waals surface area contributed by atoms with Crippen LogP contribution in [0, 0.1) is 23.7 Å². The first kappa shape index (κ1) is 37.8. The lowest BCUT2D eigenvalue weighted by atomic mass is 10.0. The van der Waals surface area contributed by atoms with E-state index in [1.807, 2.05) is 54.6 Å². The first-order valence-corrected chi connectivity index (χ1v) is 15.8. The summed E-state index contributed by atoms with van der Waals surface area (Å²) in [5, 5.41) is 0. The van der Waals surface area contributed by atoms with Gasteiger partial charge in [0.1, 0.15) is 17.2 Å². The van der Waals surface area contributed by atoms with Crippen molar-refractivity contribution in [3.05, 3.63) is 150 Å². The van der Waals surface area contributed by atoms with Crippen LogP contribution in [0.2, 0.25) is 0 Å². The molecule has 0 aromatic heterocycles. The van der Waals surface area contributed by atoms with Crippen molar-refractivity contribution in [3.8, 4) is 52.1 Å². The lowest BCUT2D eigenvalue weighted by Crippen LogP contribution is -2.11. The maximum Gasteiger partial charge on any atom is 0.335 e. The molecule has 9 heteroatoms. The van der Waals surface area contributed by atoms with Gasteiger partial charge in [-0.25, -0.2) is 14.4 Å². The first-order valence-electron chi connectivity index (χ1n) is 15.8. The molecule has 0 radical (unpaired) electrons. The van der Waals surface area contributed by atoms with E-state index >= 15 is 0 Å². The number of ether oxygens (including phenoxy) is 6. The summed E-state index contributed by atoms with van der Waals surface area (Å²) in [7, 11) is 0. The summed E-state index contributed by atoms with van der Waals surface area (Å²) >= 11 is 0. The topological polar surface area (TPSA) is 107 Å². The van der Waals surface area contributed by atoms with Crippen LogP contribution >= 0.6 is 0 Å². The van der Waals surface area contributed by atoms with Gasteiger partial charge in [0.05, 0.1) is 5.56 Å². The molecule has 0 aliphatic carbocycles. The van der Waals surface area contributed by atoms with Crippen molar-refractivity contribution < 1.29 is 42.8 Å². The molecule has 4 aromatic carbocycles. The predicted octanol–water partition coefficient (Wildman–Crippen LogP) is 7.52. The summed E-state index contributed by atoms with van der Waals surface area (Å²) in [5.74, 6) is 12.4. The third kappa shape index (κ3) is 11.9. The van der Waals surface area contributed by atoms with Crippen molar-refractivity contribution in [1.29, 1.82) is 0 Å². The van der Waals surface area contributed by atoms with Crippen molar-refractivity contribution >= 4 is 17.9 Å². The second-order valence-electron chi connectivity index (χ2n) is 11.3. The van der Waals surface area contributed by atoms with E-state index < -0.39 is 17.9 Å². The van der Waals surface area contributed by atoms with E-state index in [9.17, 15) is 14.4 Å². The number of hydrogen-bond acceptors (Lipinski definition) is 9. The molecule has 0 aliphatic rings. The molecule has 52 heavy (non-hydrogen) atoms. The molecule has 4 aromatic rings. The van der Waals surface area contributed by atoms with E-state index in [-0.39, 0.29) is 31.5 Å². The Morgan fingerprint density at radius 3 is 1.27 bits per heavy atom. The minimum absolute atomic E-state index is 0.208. The molecule has 0 N–H and O–H groups in total. The summed E-state index contributed by atoms with van der Waals surface area (Å²) in [6, 6.07) is 27.4. The van der Waals surface area contributed by atoms with E-state index in [1.165, 1.54) is 0 Å². The monoisotopic (exact) mass is 696 g/mol. The quantitative estimate of drug-likeness (QED) is 0.0461. The number of benzene rings is 4. The summed E-state index contributed by atoms with van der Waals surface area (Å²) in [6.07, 6.45) is 0. The van der Waals surface area contributed by atoms with Gasteiger partial charge in [0.2, 0.25) is 20.4 Å². The molecule has 0 fully saturated rings. The highest BCUT2D eigenvalue weighted by Gasteiger charge is 2.09. The fourth-order valence-corrected chi connectivity index (χ4v) is 4.04. The summed E-state index contributed by atoms with van der Waals surface area (Å²) in [5.41, 5.74) is 5.48. The Bertz CT molecular complexity index is 2080. The average molecular weight is 697 g/mol. The second-order valence-corrected chi connectivity index (χ2v) is 11.3. The molecule has 0 saturated carbocycles. The molecule has 262 valence electrons. The van der Waals surface area contributed by atoms with Gasteiger partial charge in [0.15, 0.2) is 0 Å². The number of hydrogen-bond donors (Lipinski definition) is 0. The average Bonchev–Trinajstić information content (AvgIpc) is 3.14. The van der Waals surface area contributed by atoms with Gasteiger partial charge in [-0.05, 0) is 105 Å². The largest absolute Gasteiger partial charge is 0.457 e. The van der Waals surface area contributed by atoms with Crippen LogP contribution < -0.4 is 14.2 Å². The summed E-state index contributed by atoms with van der Waals surface area (Å²) < 4.78 is 31.8. The van der Waals surface area contributed by atoms with E-state index in [0.29, 0.717) is 33.9 Å². The molecule has 0 saturated heterocycles. The molecule has 0 bridgehead atoms. The van der Waals surface area contributed by atoms with E-state index in [1.54, 1.807) is 57.2 Å². The van der Waals surface area contributed by atoms with Crippen molar-refractivity contribution in [3.63, 3.8) is 0 Å². The van der Waals surface area contributed by atoms with Gasteiger partial charge in [-0.15, -0.1) is 0 Å². The highest BCUT2D eigenvalue weighted by Crippen LogP contribution is 2.28. The highest BCUT2D eigenvalue weighted by atomic mass is 16.7. The number of esters is 3. The fourth-order valence-electron chi connectivity index (χ4n) is 4.04. The highest BCUT2D eigenvalue weighted by molar-refractivity contribution is 5.87. The number of carbonyl (C=O) groups is 3. The van der Waals surface area contributed by atoms with Gasteiger partial charge < -0.3 is 28.4 Å². The number of rotatable bonds is 13. The third-order valence-corrected chi connectivity index (χ3v) is 6.88. The van der Waals surface area contributed by atoms with E-state index in [0.717, 1.165) is 22.3 Å². The van der Waals surface area contributed by atoms with Crippen molar-refractivity contribution in [1.82, 2.24) is 0 Å². The molecule has 0 spiro atoms. The zero-order valence-corrected chi connectivity index (χ0v) is 29.1. The van der Waals surface area contributed by atoms with Gasteiger partial charge in [-0.1, -0.05) is 61.6 Å². The minimum Gasteiger partial charge on any atom is -0.457 e. The molecular formula is C43H36O9. The predicted molar refractivity (Wildman–Crippen MR) is 196 cm³/mol. The molecule has 0 atom stereocenters. The van der Waals surface area contributed by atoms with Crippen molar-refractivity contribution in [2.24, 2.45) is 0 Å². The Balaban J connectivity index is 1.44. The first-order chi connectivity index (χ1) is 25.0. The maximum atomic E-state index is 11.9. The van der Waals surface area contributed by atoms with Gasteiger partial charge in [-0.3, -0.25) is 0 Å². The lowest BCUT2D eigenvalue weighted by Gasteiger charge is -2.11. The second kappa shape index (κ2) is 18.7. The molecule has 9 nitrogen and oxygen atoms in total. The Kier molecular flexibility index (Phi) is 13.6. The Labute approximate surface area is 303 Å². The SMILES string of the molecule is C=C(C)C(=O)OCOc1ccc(C#Cc2ccc(-c3ccc(C#Cc4ccc(OCOC(=O)C(=C)C)cc4)c(OCOC(=O)C(=C)C)c3)cc2)cc1. The van der Waals surface area contributed by atoms with Crippen LogP contribution in [0.1, 0.15) is 43.0 Å². The van der Waals surface area contributed by atoms with Gasteiger partial charge in [-0.2, -0.15) is 0 Å². The van der Waals surface area contributed by atoms with Crippen molar-refractivity contribution in [2.45, 2.75) is 20.8 Å². The van der Waals surface area contributed by atoms with E-state index in [2.05, 4.69) is 43.4 Å². The molecule has 0 aliphatic heterocycles. The Morgan fingerprint density at radius 1 is 0.481 bits per heavy atom. The zero-order chi connectivity index (χ0) is 37.5. The van der Waals surface area contributed by atoms with Crippen LogP contribution in [0.4, 0.5) is 0 Å². The lowest BCUT2D eigenvalue weighted by molar-refractivity contribution is -0.146. The maximum absolute atomic E-state index is 11.9. The Hall–Kier alpha value is -6.97. The van der Waals surface area contributed by atoms with Gasteiger partial charge >= 0.3 is 17.9 Å². The van der Waals surface area contributed by atoms with Crippen LogP contribution in [-0.2, 0) is 28.6 Å². The third-order valence-electron chi connectivity index (χ3n) is 6.88. The molecule has 0 unspecified atom stereocenters. The summed E-state index contributed by atoms with van der Waals surface area (Å²) in [4.78, 5) is 34.9. The molecular weight excluding hydrogens is 660 g/mol. The zero-order valence-electron chi connectivity index (χ0n) is 29.1. The van der Waals surface area contributed by atoms with Crippen LogP contribution in [0.15, 0.2) is 127 Å². The van der Waals surface area contributed by atoms with Crippen molar-refractivity contribution in [2.75, 3.05) is 20.4 Å². The normalized spacial score (nSPS) is 9.83. The smallest absolute Gasteiger partial charge is 0.335 e. The minimum atomic E-state index is -0.567. The van der Waals surface area contributed by atoms with Crippen LogP contribution in [0.3, 0.4) is 0 Å². The van der Waals surface area contributed by atoms with Crippen LogP contribution in [0.25, 0.3) is 11.1 Å². The van der Waals surface area contributed by atoms with Gasteiger partial charge in [0, 0.05) is 33.4 Å². The van der Waals surface area contributed by atoms with Crippen LogP contribution in [0.5, 0.6) is 17.2 Å². The van der Waals surface area contributed by atoms with Crippen LogP contribution in [-0.4, -0.2) is 38.3 Å². The Morgan fingerprint density at radius 2 is 0.846 bits per heavy atom. The molecule has 0 heterocycles. The van der Waals surface area contributed by atoms with E-state index in [4.69, 9.17) is 28.4 Å². The molecule has 0 amide bonds. The molecule has 4 rings (SSSR count).